The number of carboxylic acid groups (broad SMARTS) is 1. The van der Waals surface area contributed by atoms with Gasteiger partial charge < -0.3 is 10.4 Å². The number of carboxylic acids is 1. The van der Waals surface area contributed by atoms with Gasteiger partial charge in [-0.15, -0.1) is 0 Å². The molecule has 0 saturated carbocycles. The summed E-state index contributed by atoms with van der Waals surface area (Å²) in [7, 11) is 0. The molecule has 1 aromatic carbocycles. The lowest BCUT2D eigenvalue weighted by Gasteiger charge is -2.27. The molecule has 2 aromatic rings. The Labute approximate surface area is 115 Å². The standard InChI is InChI=1S/C14H14N4O2/c1-8-11(13(19)20)12(10-6-4-3-5-7-10)18-14(15-8)16-9(2)17-18/h3-7,12H,1-2H3,(H,19,20)(H,15,16,17)/t12-/m0/s1. The second-order valence-corrected chi connectivity index (χ2v) is 4.71. The molecule has 6 nitrogen and oxygen atoms in total. The number of hydrogen-bond donors (Lipinski definition) is 2. The Kier molecular flexibility index (Phi) is 2.78. The molecule has 6 heteroatoms. The monoisotopic (exact) mass is 270 g/mol. The molecule has 0 amide bonds. The van der Waals surface area contributed by atoms with Gasteiger partial charge in [-0.2, -0.15) is 10.1 Å². The second-order valence-electron chi connectivity index (χ2n) is 4.71. The minimum Gasteiger partial charge on any atom is -0.478 e. The number of aryl methyl sites for hydroxylation is 1. The van der Waals surface area contributed by atoms with E-state index in [0.29, 0.717) is 17.5 Å². The number of fused-ring (bicyclic) bond motifs is 1. The van der Waals surface area contributed by atoms with E-state index in [-0.39, 0.29) is 5.57 Å². The van der Waals surface area contributed by atoms with Crippen molar-refractivity contribution >= 4 is 11.9 Å². The molecule has 20 heavy (non-hydrogen) atoms. The highest BCUT2D eigenvalue weighted by Crippen LogP contribution is 2.34. The van der Waals surface area contributed by atoms with Crippen molar-refractivity contribution in [3.63, 3.8) is 0 Å². The zero-order chi connectivity index (χ0) is 14.3. The van der Waals surface area contributed by atoms with Gasteiger partial charge in [0.25, 0.3) is 0 Å². The summed E-state index contributed by atoms with van der Waals surface area (Å²) in [5.41, 5.74) is 1.75. The first kappa shape index (κ1) is 12.4. The molecule has 0 radical (unpaired) electrons. The lowest BCUT2D eigenvalue weighted by molar-refractivity contribution is -0.133. The Morgan fingerprint density at radius 2 is 2.00 bits per heavy atom. The zero-order valence-electron chi connectivity index (χ0n) is 11.2. The molecule has 0 unspecified atom stereocenters. The summed E-state index contributed by atoms with van der Waals surface area (Å²) in [6.07, 6.45) is 0. The van der Waals surface area contributed by atoms with Crippen molar-refractivity contribution in [2.75, 3.05) is 5.32 Å². The fraction of sp³-hybridized carbons (Fsp3) is 0.214. The van der Waals surface area contributed by atoms with Gasteiger partial charge in [0.2, 0.25) is 5.95 Å². The third-order valence-electron chi connectivity index (χ3n) is 3.30. The Morgan fingerprint density at radius 1 is 1.30 bits per heavy atom. The molecule has 0 bridgehead atoms. The first-order valence-corrected chi connectivity index (χ1v) is 6.27. The lowest BCUT2D eigenvalue weighted by Crippen LogP contribution is -2.28. The number of hydrogen-bond acceptors (Lipinski definition) is 4. The molecule has 1 aliphatic rings. The van der Waals surface area contributed by atoms with E-state index in [1.807, 2.05) is 30.3 Å². The first-order valence-electron chi connectivity index (χ1n) is 6.27. The van der Waals surface area contributed by atoms with Gasteiger partial charge in [-0.05, 0) is 19.4 Å². The molecular formula is C14H14N4O2. The van der Waals surface area contributed by atoms with Gasteiger partial charge in [0, 0.05) is 5.70 Å². The number of benzene rings is 1. The van der Waals surface area contributed by atoms with Crippen molar-refractivity contribution in [3.05, 3.63) is 53.0 Å². The number of carbonyl (C=O) groups is 1. The highest BCUT2D eigenvalue weighted by molar-refractivity contribution is 5.90. The molecular weight excluding hydrogens is 256 g/mol. The van der Waals surface area contributed by atoms with Crippen LogP contribution in [-0.4, -0.2) is 25.8 Å². The Bertz CT molecular complexity index is 703. The fourth-order valence-corrected chi connectivity index (χ4v) is 2.48. The molecule has 0 spiro atoms. The average molecular weight is 270 g/mol. The lowest BCUT2D eigenvalue weighted by atomic mass is 9.96. The minimum absolute atomic E-state index is 0.286. The quantitative estimate of drug-likeness (QED) is 0.872. The Hall–Kier alpha value is -2.63. The van der Waals surface area contributed by atoms with Gasteiger partial charge in [0.05, 0.1) is 5.57 Å². The van der Waals surface area contributed by atoms with E-state index >= 15 is 0 Å². The van der Waals surface area contributed by atoms with Crippen molar-refractivity contribution < 1.29 is 9.90 Å². The maximum Gasteiger partial charge on any atom is 0.335 e. The van der Waals surface area contributed by atoms with Crippen LogP contribution in [0.2, 0.25) is 0 Å². The molecule has 2 N–H and O–H groups in total. The first-order chi connectivity index (χ1) is 9.58. The summed E-state index contributed by atoms with van der Waals surface area (Å²) in [6.45, 7) is 3.53. The van der Waals surface area contributed by atoms with E-state index in [4.69, 9.17) is 0 Å². The van der Waals surface area contributed by atoms with Crippen LogP contribution in [0.15, 0.2) is 41.6 Å². The van der Waals surface area contributed by atoms with Crippen LogP contribution in [-0.2, 0) is 4.79 Å². The highest BCUT2D eigenvalue weighted by atomic mass is 16.4. The third-order valence-corrected chi connectivity index (χ3v) is 3.30. The third kappa shape index (κ3) is 1.85. The summed E-state index contributed by atoms with van der Waals surface area (Å²) < 4.78 is 1.63. The number of nitrogens with zero attached hydrogens (tertiary/aromatic N) is 3. The minimum atomic E-state index is -0.956. The smallest absolute Gasteiger partial charge is 0.335 e. The maximum absolute atomic E-state index is 11.6. The van der Waals surface area contributed by atoms with Crippen molar-refractivity contribution in [3.8, 4) is 0 Å². The van der Waals surface area contributed by atoms with E-state index in [2.05, 4.69) is 15.4 Å². The molecule has 2 heterocycles. The van der Waals surface area contributed by atoms with Gasteiger partial charge in [-0.1, -0.05) is 30.3 Å². The Balaban J connectivity index is 2.23. The van der Waals surface area contributed by atoms with Gasteiger partial charge in [0.1, 0.15) is 11.9 Å². The predicted molar refractivity (Wildman–Crippen MR) is 73.3 cm³/mol. The van der Waals surface area contributed by atoms with Crippen LogP contribution < -0.4 is 5.32 Å². The zero-order valence-corrected chi connectivity index (χ0v) is 11.2. The normalized spacial score (nSPS) is 17.6. The molecule has 0 saturated heterocycles. The van der Waals surface area contributed by atoms with Gasteiger partial charge in [0.15, 0.2) is 0 Å². The van der Waals surface area contributed by atoms with E-state index in [1.165, 1.54) is 0 Å². The van der Waals surface area contributed by atoms with E-state index in [0.717, 1.165) is 5.56 Å². The van der Waals surface area contributed by atoms with Crippen LogP contribution in [0.3, 0.4) is 0 Å². The van der Waals surface area contributed by atoms with Crippen molar-refractivity contribution in [2.24, 2.45) is 0 Å². The van der Waals surface area contributed by atoms with Crippen LogP contribution in [0.5, 0.6) is 0 Å². The molecule has 1 atom stereocenters. The highest BCUT2D eigenvalue weighted by Gasteiger charge is 2.33. The summed E-state index contributed by atoms with van der Waals surface area (Å²) in [5.74, 6) is 0.217. The van der Waals surface area contributed by atoms with Crippen molar-refractivity contribution in [1.29, 1.82) is 0 Å². The van der Waals surface area contributed by atoms with Crippen LogP contribution in [0, 0.1) is 6.92 Å². The van der Waals surface area contributed by atoms with E-state index < -0.39 is 12.0 Å². The van der Waals surface area contributed by atoms with E-state index in [1.54, 1.807) is 18.5 Å². The largest absolute Gasteiger partial charge is 0.478 e. The summed E-state index contributed by atoms with van der Waals surface area (Å²) in [4.78, 5) is 15.9. The maximum atomic E-state index is 11.6. The average Bonchev–Trinajstić information content (AvgIpc) is 2.77. The van der Waals surface area contributed by atoms with Gasteiger partial charge in [-0.3, -0.25) is 0 Å². The topological polar surface area (TPSA) is 80.0 Å². The number of aliphatic carboxylic acids is 1. The number of allylic oxidation sites excluding steroid dienone is 1. The SMILES string of the molecule is CC1=C(C(=O)O)[C@H](c2ccccc2)n2nc(C)nc2N1. The molecule has 0 fully saturated rings. The van der Waals surface area contributed by atoms with Crippen LogP contribution >= 0.6 is 0 Å². The molecule has 1 aromatic heterocycles. The number of rotatable bonds is 2. The fourth-order valence-electron chi connectivity index (χ4n) is 2.48. The van der Waals surface area contributed by atoms with Crippen LogP contribution in [0.1, 0.15) is 24.4 Å². The Morgan fingerprint density at radius 3 is 2.65 bits per heavy atom. The van der Waals surface area contributed by atoms with Crippen LogP contribution in [0.4, 0.5) is 5.95 Å². The number of anilines is 1. The van der Waals surface area contributed by atoms with E-state index in [9.17, 15) is 9.90 Å². The van der Waals surface area contributed by atoms with Gasteiger partial charge in [-0.25, -0.2) is 9.48 Å². The molecule has 1 aliphatic heterocycles. The second kappa shape index (κ2) is 4.48. The van der Waals surface area contributed by atoms with Crippen LogP contribution in [0.25, 0.3) is 0 Å². The molecule has 0 aliphatic carbocycles. The summed E-state index contributed by atoms with van der Waals surface area (Å²) in [6, 6.07) is 8.99. The number of nitrogens with one attached hydrogen (secondary N) is 1. The molecule has 3 rings (SSSR count). The predicted octanol–water partition coefficient (Wildman–Crippen LogP) is 1.96. The van der Waals surface area contributed by atoms with Crippen molar-refractivity contribution in [1.82, 2.24) is 14.8 Å². The molecule has 102 valence electrons. The summed E-state index contributed by atoms with van der Waals surface area (Å²) >= 11 is 0. The van der Waals surface area contributed by atoms with Gasteiger partial charge >= 0.3 is 5.97 Å². The summed E-state index contributed by atoms with van der Waals surface area (Å²) in [5, 5.41) is 16.8. The van der Waals surface area contributed by atoms with Crippen molar-refractivity contribution in [2.45, 2.75) is 19.9 Å². The number of aromatic nitrogens is 3.